The predicted octanol–water partition coefficient (Wildman–Crippen LogP) is 4.63. The van der Waals surface area contributed by atoms with Crippen molar-refractivity contribution in [3.8, 4) is 0 Å². The molecular formula is C12H7Cl2F2N3O2. The molecule has 9 heteroatoms. The van der Waals surface area contributed by atoms with Crippen LogP contribution in [0.3, 0.4) is 0 Å². The molecule has 0 aliphatic heterocycles. The smallest absolute Gasteiger partial charge is 0.269 e. The van der Waals surface area contributed by atoms with Crippen molar-refractivity contribution in [3.05, 3.63) is 55.8 Å². The third-order valence-electron chi connectivity index (χ3n) is 2.68. The van der Waals surface area contributed by atoms with Crippen molar-refractivity contribution >= 4 is 40.3 Å². The van der Waals surface area contributed by atoms with E-state index in [9.17, 15) is 18.9 Å². The Balaban J connectivity index is 2.46. The molecule has 0 bridgehead atoms. The Morgan fingerprint density at radius 2 is 1.81 bits per heavy atom. The number of benzene rings is 1. The Labute approximate surface area is 127 Å². The van der Waals surface area contributed by atoms with Crippen LogP contribution in [0.2, 0.25) is 10.0 Å². The lowest BCUT2D eigenvalue weighted by Crippen LogP contribution is -2.01. The van der Waals surface area contributed by atoms with Gasteiger partial charge in [-0.25, -0.2) is 0 Å². The molecule has 5 nitrogen and oxygen atoms in total. The first-order valence-corrected chi connectivity index (χ1v) is 6.29. The molecule has 0 saturated carbocycles. The Morgan fingerprint density at radius 1 is 1.24 bits per heavy atom. The molecule has 2 rings (SSSR count). The molecule has 0 spiro atoms. The number of anilines is 2. The summed E-state index contributed by atoms with van der Waals surface area (Å²) in [6.45, 7) is 1.59. The first kappa shape index (κ1) is 15.4. The Kier molecular flexibility index (Phi) is 4.24. The number of pyridine rings is 1. The number of hydrogen-bond acceptors (Lipinski definition) is 4. The van der Waals surface area contributed by atoms with E-state index in [0.29, 0.717) is 11.3 Å². The third-order valence-corrected chi connectivity index (χ3v) is 3.37. The minimum atomic E-state index is -1.21. The predicted molar refractivity (Wildman–Crippen MR) is 75.3 cm³/mol. The summed E-state index contributed by atoms with van der Waals surface area (Å²) in [6, 6.07) is 3.93. The van der Waals surface area contributed by atoms with E-state index in [0.717, 1.165) is 0 Å². The number of nitrogens with zero attached hydrogens (tertiary/aromatic N) is 2. The molecular weight excluding hydrogens is 327 g/mol. The maximum absolute atomic E-state index is 13.3. The number of non-ortho nitro benzene ring substituents is 1. The lowest BCUT2D eigenvalue weighted by Gasteiger charge is -2.13. The highest BCUT2D eigenvalue weighted by Gasteiger charge is 2.19. The average Bonchev–Trinajstić information content (AvgIpc) is 2.42. The van der Waals surface area contributed by atoms with Crippen LogP contribution in [0.4, 0.5) is 25.8 Å². The van der Waals surface area contributed by atoms with Gasteiger partial charge in [0.2, 0.25) is 11.9 Å². The number of hydrogen-bond donors (Lipinski definition) is 1. The normalized spacial score (nSPS) is 10.5. The number of halogens is 4. The van der Waals surface area contributed by atoms with Crippen LogP contribution in [0.5, 0.6) is 0 Å². The van der Waals surface area contributed by atoms with Crippen LogP contribution >= 0.6 is 23.2 Å². The van der Waals surface area contributed by atoms with Gasteiger partial charge in [0.1, 0.15) is 10.0 Å². The van der Waals surface area contributed by atoms with E-state index in [1.54, 1.807) is 6.92 Å². The molecule has 0 fully saturated rings. The van der Waals surface area contributed by atoms with Gasteiger partial charge in [-0.05, 0) is 18.6 Å². The van der Waals surface area contributed by atoms with Crippen LogP contribution < -0.4 is 5.32 Å². The van der Waals surface area contributed by atoms with Crippen molar-refractivity contribution in [1.29, 1.82) is 0 Å². The van der Waals surface area contributed by atoms with E-state index in [-0.39, 0.29) is 11.4 Å². The quantitative estimate of drug-likeness (QED) is 0.505. The summed E-state index contributed by atoms with van der Waals surface area (Å²) in [5.74, 6) is -2.42. The zero-order valence-corrected chi connectivity index (χ0v) is 12.0. The van der Waals surface area contributed by atoms with Crippen LogP contribution in [0, 0.1) is 28.9 Å². The lowest BCUT2D eigenvalue weighted by atomic mass is 10.1. The number of rotatable bonds is 3. The van der Waals surface area contributed by atoms with Gasteiger partial charge in [-0.15, -0.1) is 0 Å². The molecule has 0 aliphatic rings. The largest absolute Gasteiger partial charge is 0.353 e. The highest BCUT2D eigenvalue weighted by molar-refractivity contribution is 6.39. The summed E-state index contributed by atoms with van der Waals surface area (Å²) in [5.41, 5.74) is 0.547. The number of nitro benzene ring substituents is 1. The van der Waals surface area contributed by atoms with E-state index < -0.39 is 26.9 Å². The maximum Gasteiger partial charge on any atom is 0.269 e. The highest BCUT2D eigenvalue weighted by Crippen LogP contribution is 2.36. The molecule has 110 valence electrons. The van der Waals surface area contributed by atoms with Crippen molar-refractivity contribution in [1.82, 2.24) is 4.98 Å². The van der Waals surface area contributed by atoms with E-state index in [1.807, 2.05) is 0 Å². The first-order chi connectivity index (χ1) is 9.81. The van der Waals surface area contributed by atoms with Crippen LogP contribution in [-0.4, -0.2) is 9.91 Å². The second kappa shape index (κ2) is 5.79. The minimum Gasteiger partial charge on any atom is -0.353 e. The summed E-state index contributed by atoms with van der Waals surface area (Å²) >= 11 is 11.4. The number of aromatic nitrogens is 1. The van der Waals surface area contributed by atoms with Gasteiger partial charge in [-0.1, -0.05) is 23.2 Å². The number of aryl methyl sites for hydroxylation is 1. The van der Waals surface area contributed by atoms with Gasteiger partial charge in [-0.3, -0.25) is 10.1 Å². The Morgan fingerprint density at radius 3 is 2.29 bits per heavy atom. The average molecular weight is 334 g/mol. The molecule has 0 atom stereocenters. The van der Waals surface area contributed by atoms with Gasteiger partial charge < -0.3 is 5.32 Å². The van der Waals surface area contributed by atoms with Gasteiger partial charge >= 0.3 is 0 Å². The summed E-state index contributed by atoms with van der Waals surface area (Å²) in [4.78, 5) is 13.0. The molecule has 1 N–H and O–H groups in total. The lowest BCUT2D eigenvalue weighted by molar-refractivity contribution is -0.384. The summed E-state index contributed by atoms with van der Waals surface area (Å²) in [5, 5.41) is 12.4. The van der Waals surface area contributed by atoms with Crippen molar-refractivity contribution in [2.24, 2.45) is 0 Å². The van der Waals surface area contributed by atoms with Crippen LogP contribution in [0.25, 0.3) is 0 Å². The molecule has 0 radical (unpaired) electrons. The molecule has 1 heterocycles. The van der Waals surface area contributed by atoms with E-state index in [1.165, 1.54) is 18.2 Å². The van der Waals surface area contributed by atoms with Crippen molar-refractivity contribution in [2.75, 3.05) is 5.32 Å². The second-order valence-corrected chi connectivity index (χ2v) is 4.83. The molecule has 21 heavy (non-hydrogen) atoms. The molecule has 0 aliphatic carbocycles. The zero-order chi connectivity index (χ0) is 15.7. The fraction of sp³-hybridized carbons (Fsp3) is 0.0833. The summed E-state index contributed by atoms with van der Waals surface area (Å²) < 4.78 is 26.6. The van der Waals surface area contributed by atoms with Gasteiger partial charge in [0, 0.05) is 17.8 Å². The molecule has 1 aromatic heterocycles. The standard InChI is InChI=1S/C12H7Cl2F2N3O2/c1-5-4-6(19(20)21)2-3-7(5)17-10-8(13)11(15)18-12(16)9(10)14/h2-4H,1H3,(H,17,18). The molecule has 0 unspecified atom stereocenters. The monoisotopic (exact) mass is 333 g/mol. The highest BCUT2D eigenvalue weighted by atomic mass is 35.5. The zero-order valence-electron chi connectivity index (χ0n) is 10.5. The molecule has 0 amide bonds. The second-order valence-electron chi connectivity index (χ2n) is 4.08. The van der Waals surface area contributed by atoms with Gasteiger partial charge in [0.05, 0.1) is 10.6 Å². The van der Waals surface area contributed by atoms with Crippen LogP contribution in [0.1, 0.15) is 5.56 Å². The van der Waals surface area contributed by atoms with E-state index in [2.05, 4.69) is 10.3 Å². The SMILES string of the molecule is Cc1cc([N+](=O)[O-])ccc1Nc1c(Cl)c(F)nc(F)c1Cl. The molecule has 2 aromatic rings. The third kappa shape index (κ3) is 3.03. The van der Waals surface area contributed by atoms with Crippen LogP contribution in [-0.2, 0) is 0 Å². The van der Waals surface area contributed by atoms with Crippen molar-refractivity contribution in [3.63, 3.8) is 0 Å². The van der Waals surface area contributed by atoms with E-state index in [4.69, 9.17) is 23.2 Å². The van der Waals surface area contributed by atoms with E-state index >= 15 is 0 Å². The fourth-order valence-electron chi connectivity index (χ4n) is 1.63. The molecule has 0 saturated heterocycles. The first-order valence-electron chi connectivity index (χ1n) is 5.53. The van der Waals surface area contributed by atoms with Gasteiger partial charge in [0.15, 0.2) is 0 Å². The Hall–Kier alpha value is -1.99. The topological polar surface area (TPSA) is 68.1 Å². The number of nitrogens with one attached hydrogen (secondary N) is 1. The van der Waals surface area contributed by atoms with Crippen LogP contribution in [0.15, 0.2) is 18.2 Å². The van der Waals surface area contributed by atoms with Crippen molar-refractivity contribution in [2.45, 2.75) is 6.92 Å². The van der Waals surface area contributed by atoms with Gasteiger partial charge in [0.25, 0.3) is 5.69 Å². The fourth-order valence-corrected chi connectivity index (χ4v) is 2.05. The summed E-state index contributed by atoms with van der Waals surface area (Å²) in [7, 11) is 0. The van der Waals surface area contributed by atoms with Crippen molar-refractivity contribution < 1.29 is 13.7 Å². The minimum absolute atomic E-state index is 0.109. The number of nitro groups is 1. The molecule has 1 aromatic carbocycles. The maximum atomic E-state index is 13.3. The Bertz CT molecular complexity index is 715. The van der Waals surface area contributed by atoms with Gasteiger partial charge in [-0.2, -0.15) is 13.8 Å². The summed E-state index contributed by atoms with van der Waals surface area (Å²) in [6.07, 6.45) is 0.